The molecule has 0 radical (unpaired) electrons. The summed E-state index contributed by atoms with van der Waals surface area (Å²) in [5, 5.41) is 0. The Morgan fingerprint density at radius 2 is 2.20 bits per heavy atom. The van der Waals surface area contributed by atoms with Gasteiger partial charge < -0.3 is 4.74 Å². The second kappa shape index (κ2) is 7.95. The van der Waals surface area contributed by atoms with E-state index >= 15 is 0 Å². The minimum atomic E-state index is 0.460. The Balaban J connectivity index is 3.01. The van der Waals surface area contributed by atoms with Crippen LogP contribution in [0.5, 0.6) is 0 Å². The highest BCUT2D eigenvalue weighted by atomic mass is 16.5. The number of hydrogen-bond donors (Lipinski definition) is 0. The molecule has 2 nitrogen and oxygen atoms in total. The standard InChI is InChI=1S/C8H12O2/c1-2-3-4-5-6-7-10-8-9/h2,4-5,8H,1,3,6-7H2. The predicted octanol–water partition coefficient (Wildman–Crippen LogP) is 1.68. The summed E-state index contributed by atoms with van der Waals surface area (Å²) >= 11 is 0. The fourth-order valence-electron chi connectivity index (χ4n) is 0.494. The first-order valence-corrected chi connectivity index (χ1v) is 3.23. The summed E-state index contributed by atoms with van der Waals surface area (Å²) in [7, 11) is 0. The molecule has 2 heteroatoms. The summed E-state index contributed by atoms with van der Waals surface area (Å²) in [6, 6.07) is 0. The van der Waals surface area contributed by atoms with Crippen LogP contribution in [0.15, 0.2) is 24.8 Å². The van der Waals surface area contributed by atoms with E-state index < -0.39 is 0 Å². The molecule has 56 valence electrons. The number of ether oxygens (including phenoxy) is 1. The SMILES string of the molecule is C=CCC=CCCOC=O. The third-order valence-corrected chi connectivity index (χ3v) is 0.940. The second-order valence-electron chi connectivity index (χ2n) is 1.75. The lowest BCUT2D eigenvalue weighted by atomic mass is 10.3. The van der Waals surface area contributed by atoms with Crippen molar-refractivity contribution in [3.05, 3.63) is 24.8 Å². The third-order valence-electron chi connectivity index (χ3n) is 0.940. The van der Waals surface area contributed by atoms with Gasteiger partial charge in [0.15, 0.2) is 0 Å². The van der Waals surface area contributed by atoms with Gasteiger partial charge in [-0.05, 0) is 12.8 Å². The minimum Gasteiger partial charge on any atom is -0.468 e. The molecule has 0 aliphatic rings. The molecule has 0 aromatic carbocycles. The maximum absolute atomic E-state index is 9.63. The van der Waals surface area contributed by atoms with Crippen LogP contribution in [0.3, 0.4) is 0 Å². The molecular formula is C8H12O2. The van der Waals surface area contributed by atoms with Crippen molar-refractivity contribution in [1.29, 1.82) is 0 Å². The van der Waals surface area contributed by atoms with Crippen molar-refractivity contribution in [3.8, 4) is 0 Å². The highest BCUT2D eigenvalue weighted by molar-refractivity contribution is 5.36. The largest absolute Gasteiger partial charge is 0.468 e. The van der Waals surface area contributed by atoms with Gasteiger partial charge in [0.2, 0.25) is 0 Å². The van der Waals surface area contributed by atoms with Gasteiger partial charge in [0.25, 0.3) is 6.47 Å². The molecule has 0 rings (SSSR count). The summed E-state index contributed by atoms with van der Waals surface area (Å²) in [6.45, 7) is 4.49. The molecule has 0 unspecified atom stereocenters. The van der Waals surface area contributed by atoms with Gasteiger partial charge in [0.1, 0.15) is 0 Å². The zero-order chi connectivity index (χ0) is 7.66. The van der Waals surface area contributed by atoms with Gasteiger partial charge in [-0.25, -0.2) is 0 Å². The fourth-order valence-corrected chi connectivity index (χ4v) is 0.494. The second-order valence-corrected chi connectivity index (χ2v) is 1.75. The van der Waals surface area contributed by atoms with Crippen LogP contribution in [-0.2, 0) is 9.53 Å². The molecule has 0 aliphatic carbocycles. The summed E-state index contributed by atoms with van der Waals surface area (Å²) < 4.78 is 4.46. The van der Waals surface area contributed by atoms with E-state index in [0.29, 0.717) is 13.1 Å². The molecule has 0 bridgehead atoms. The van der Waals surface area contributed by atoms with Gasteiger partial charge in [0.05, 0.1) is 6.61 Å². The molecule has 0 N–H and O–H groups in total. The Labute approximate surface area is 61.2 Å². The van der Waals surface area contributed by atoms with Crippen molar-refractivity contribution >= 4 is 6.47 Å². The van der Waals surface area contributed by atoms with Crippen molar-refractivity contribution in [2.75, 3.05) is 6.61 Å². The van der Waals surface area contributed by atoms with Gasteiger partial charge in [-0.3, -0.25) is 4.79 Å². The van der Waals surface area contributed by atoms with Gasteiger partial charge >= 0.3 is 0 Å². The molecule has 0 atom stereocenters. The van der Waals surface area contributed by atoms with Crippen LogP contribution in [0.25, 0.3) is 0 Å². The Morgan fingerprint density at radius 3 is 2.80 bits per heavy atom. The molecule has 10 heavy (non-hydrogen) atoms. The molecule has 0 aromatic rings. The molecule has 0 fully saturated rings. The van der Waals surface area contributed by atoms with Crippen molar-refractivity contribution < 1.29 is 9.53 Å². The number of carbonyl (C=O) groups excluding carboxylic acids is 1. The quantitative estimate of drug-likeness (QED) is 0.319. The molecule has 0 aliphatic heterocycles. The average Bonchev–Trinajstić information content (AvgIpc) is 1.97. The maximum Gasteiger partial charge on any atom is 0.293 e. The fraction of sp³-hybridized carbons (Fsp3) is 0.375. The zero-order valence-electron chi connectivity index (χ0n) is 5.95. The van der Waals surface area contributed by atoms with E-state index in [2.05, 4.69) is 11.3 Å². The summed E-state index contributed by atoms with van der Waals surface area (Å²) in [4.78, 5) is 9.63. The van der Waals surface area contributed by atoms with Crippen LogP contribution >= 0.6 is 0 Å². The van der Waals surface area contributed by atoms with Crippen LogP contribution in [0.1, 0.15) is 12.8 Å². The lowest BCUT2D eigenvalue weighted by molar-refractivity contribution is -0.128. The van der Waals surface area contributed by atoms with Crippen molar-refractivity contribution in [3.63, 3.8) is 0 Å². The molecule has 0 heterocycles. The highest BCUT2D eigenvalue weighted by Gasteiger charge is 1.77. The van der Waals surface area contributed by atoms with E-state index in [0.717, 1.165) is 12.8 Å². The molecule has 0 saturated carbocycles. The monoisotopic (exact) mass is 140 g/mol. The zero-order valence-corrected chi connectivity index (χ0v) is 5.95. The third kappa shape index (κ3) is 6.95. The first kappa shape index (κ1) is 8.95. The Morgan fingerprint density at radius 1 is 1.40 bits per heavy atom. The maximum atomic E-state index is 9.63. The van der Waals surface area contributed by atoms with Crippen LogP contribution in [-0.4, -0.2) is 13.1 Å². The number of carbonyl (C=O) groups is 1. The van der Waals surface area contributed by atoms with Crippen molar-refractivity contribution in [2.45, 2.75) is 12.8 Å². The Kier molecular flexibility index (Phi) is 7.12. The van der Waals surface area contributed by atoms with Crippen LogP contribution in [0, 0.1) is 0 Å². The molecule has 0 saturated heterocycles. The van der Waals surface area contributed by atoms with E-state index in [9.17, 15) is 4.79 Å². The average molecular weight is 140 g/mol. The minimum absolute atomic E-state index is 0.460. The summed E-state index contributed by atoms with van der Waals surface area (Å²) in [5.74, 6) is 0. The Hall–Kier alpha value is -1.05. The molecule has 0 aromatic heterocycles. The number of rotatable bonds is 6. The first-order valence-electron chi connectivity index (χ1n) is 3.23. The van der Waals surface area contributed by atoms with Gasteiger partial charge in [-0.2, -0.15) is 0 Å². The topological polar surface area (TPSA) is 26.3 Å². The van der Waals surface area contributed by atoms with Crippen LogP contribution < -0.4 is 0 Å². The van der Waals surface area contributed by atoms with Gasteiger partial charge in [0, 0.05) is 0 Å². The number of hydrogen-bond acceptors (Lipinski definition) is 2. The normalized spacial score (nSPS) is 9.60. The lowest BCUT2D eigenvalue weighted by Crippen LogP contribution is -1.87. The van der Waals surface area contributed by atoms with E-state index in [4.69, 9.17) is 0 Å². The predicted molar refractivity (Wildman–Crippen MR) is 40.6 cm³/mol. The molecule has 0 amide bonds. The van der Waals surface area contributed by atoms with E-state index in [1.165, 1.54) is 0 Å². The smallest absolute Gasteiger partial charge is 0.293 e. The first-order chi connectivity index (χ1) is 4.91. The van der Waals surface area contributed by atoms with Crippen LogP contribution in [0.2, 0.25) is 0 Å². The summed E-state index contributed by atoms with van der Waals surface area (Å²) in [5.41, 5.74) is 0. The van der Waals surface area contributed by atoms with E-state index in [1.54, 1.807) is 0 Å². The number of allylic oxidation sites excluding steroid dienone is 2. The van der Waals surface area contributed by atoms with Crippen LogP contribution in [0.4, 0.5) is 0 Å². The highest BCUT2D eigenvalue weighted by Crippen LogP contribution is 1.87. The van der Waals surface area contributed by atoms with Crippen molar-refractivity contribution in [1.82, 2.24) is 0 Å². The van der Waals surface area contributed by atoms with E-state index in [1.807, 2.05) is 18.2 Å². The van der Waals surface area contributed by atoms with Gasteiger partial charge in [-0.15, -0.1) is 6.58 Å². The lowest BCUT2D eigenvalue weighted by Gasteiger charge is -1.90. The summed E-state index contributed by atoms with van der Waals surface area (Å²) in [6.07, 6.45) is 7.43. The molecular weight excluding hydrogens is 128 g/mol. The van der Waals surface area contributed by atoms with Crippen molar-refractivity contribution in [2.24, 2.45) is 0 Å². The molecule has 0 spiro atoms. The Bertz CT molecular complexity index is 116. The van der Waals surface area contributed by atoms with E-state index in [-0.39, 0.29) is 0 Å². The van der Waals surface area contributed by atoms with Gasteiger partial charge in [-0.1, -0.05) is 18.2 Å².